The van der Waals surface area contributed by atoms with E-state index in [1.807, 2.05) is 28.3 Å². The molecule has 4 nitrogen and oxygen atoms in total. The Labute approximate surface area is 145 Å². The predicted octanol–water partition coefficient (Wildman–Crippen LogP) is 4.97. The van der Waals surface area contributed by atoms with Gasteiger partial charge in [-0.15, -0.1) is 22.7 Å². The zero-order valence-corrected chi connectivity index (χ0v) is 14.6. The van der Waals surface area contributed by atoms with Crippen molar-refractivity contribution in [1.29, 1.82) is 0 Å². The number of hydrogen-bond donors (Lipinski definition) is 1. The van der Waals surface area contributed by atoms with Gasteiger partial charge in [-0.3, -0.25) is 4.79 Å². The summed E-state index contributed by atoms with van der Waals surface area (Å²) in [6.07, 6.45) is 0. The highest BCUT2D eigenvalue weighted by atomic mass is 32.1. The summed E-state index contributed by atoms with van der Waals surface area (Å²) in [6, 6.07) is 5.62. The molecule has 0 bridgehead atoms. The van der Waals surface area contributed by atoms with Gasteiger partial charge in [0.2, 0.25) is 0 Å². The van der Waals surface area contributed by atoms with E-state index in [0.29, 0.717) is 16.1 Å². The van der Waals surface area contributed by atoms with Crippen molar-refractivity contribution in [2.75, 3.05) is 11.9 Å². The van der Waals surface area contributed by atoms with E-state index >= 15 is 0 Å². The molecule has 3 rings (SSSR count). The monoisotopic (exact) mass is 363 g/mol. The number of carbonyl (C=O) groups excluding carboxylic acids is 2. The normalized spacial score (nSPS) is 10.5. The van der Waals surface area contributed by atoms with Crippen molar-refractivity contribution in [3.05, 3.63) is 50.8 Å². The first-order chi connectivity index (χ1) is 11.2. The minimum absolute atomic E-state index is 0.226. The first-order valence-electron chi connectivity index (χ1n) is 6.86. The van der Waals surface area contributed by atoms with Crippen LogP contribution < -0.4 is 5.32 Å². The molecule has 23 heavy (non-hydrogen) atoms. The second kappa shape index (κ2) is 7.08. The second-order valence-corrected chi connectivity index (χ2v) is 7.12. The zero-order chi connectivity index (χ0) is 16.2. The van der Waals surface area contributed by atoms with Crippen LogP contribution in [0.3, 0.4) is 0 Å². The summed E-state index contributed by atoms with van der Waals surface area (Å²) in [7, 11) is 0. The molecule has 0 spiro atoms. The molecular formula is C16H13NO3S3. The van der Waals surface area contributed by atoms with E-state index in [0.717, 1.165) is 10.4 Å². The van der Waals surface area contributed by atoms with Gasteiger partial charge < -0.3 is 10.1 Å². The number of carbonyl (C=O) groups is 2. The van der Waals surface area contributed by atoms with E-state index in [1.54, 1.807) is 29.7 Å². The Balaban J connectivity index is 1.96. The average molecular weight is 363 g/mol. The maximum Gasteiger partial charge on any atom is 0.341 e. The van der Waals surface area contributed by atoms with Gasteiger partial charge in [0, 0.05) is 21.2 Å². The van der Waals surface area contributed by atoms with E-state index in [9.17, 15) is 9.59 Å². The number of rotatable bonds is 5. The third-order valence-electron chi connectivity index (χ3n) is 3.07. The lowest BCUT2D eigenvalue weighted by Crippen LogP contribution is -2.14. The Morgan fingerprint density at radius 1 is 1.17 bits per heavy atom. The number of thiophene rings is 3. The summed E-state index contributed by atoms with van der Waals surface area (Å²) in [5, 5.41) is 10.8. The van der Waals surface area contributed by atoms with Crippen LogP contribution in [-0.4, -0.2) is 18.5 Å². The SMILES string of the molecule is CCOC(=O)c1c(-c2cccs2)csc1NC(=O)c1ccsc1. The van der Waals surface area contributed by atoms with Crippen LogP contribution in [0.2, 0.25) is 0 Å². The number of esters is 1. The molecule has 1 amide bonds. The highest BCUT2D eigenvalue weighted by Crippen LogP contribution is 2.38. The zero-order valence-electron chi connectivity index (χ0n) is 12.2. The molecule has 3 aromatic rings. The lowest BCUT2D eigenvalue weighted by Gasteiger charge is -2.07. The van der Waals surface area contributed by atoms with Gasteiger partial charge in [0.05, 0.1) is 12.2 Å². The maximum atomic E-state index is 12.4. The van der Waals surface area contributed by atoms with Crippen LogP contribution in [0.4, 0.5) is 5.00 Å². The first-order valence-corrected chi connectivity index (χ1v) is 9.57. The topological polar surface area (TPSA) is 55.4 Å². The maximum absolute atomic E-state index is 12.4. The fraction of sp³-hybridized carbons (Fsp3) is 0.125. The summed E-state index contributed by atoms with van der Waals surface area (Å²) in [5.41, 5.74) is 1.79. The Morgan fingerprint density at radius 2 is 2.04 bits per heavy atom. The van der Waals surface area contributed by atoms with E-state index in [2.05, 4.69) is 5.32 Å². The second-order valence-electron chi connectivity index (χ2n) is 4.52. The standard InChI is InChI=1S/C16H13NO3S3/c1-2-20-16(19)13-11(12-4-3-6-22-12)9-23-15(13)17-14(18)10-5-7-21-8-10/h3-9H,2H2,1H3,(H,17,18). The van der Waals surface area contributed by atoms with Crippen molar-refractivity contribution in [3.8, 4) is 10.4 Å². The van der Waals surface area contributed by atoms with Crippen molar-refractivity contribution in [2.45, 2.75) is 6.92 Å². The van der Waals surface area contributed by atoms with E-state index in [-0.39, 0.29) is 12.5 Å². The van der Waals surface area contributed by atoms with Crippen molar-refractivity contribution in [2.24, 2.45) is 0 Å². The van der Waals surface area contributed by atoms with Crippen molar-refractivity contribution < 1.29 is 14.3 Å². The van der Waals surface area contributed by atoms with Crippen molar-refractivity contribution in [1.82, 2.24) is 0 Å². The van der Waals surface area contributed by atoms with Gasteiger partial charge in [-0.05, 0) is 29.8 Å². The highest BCUT2D eigenvalue weighted by molar-refractivity contribution is 7.17. The van der Waals surface area contributed by atoms with Crippen LogP contribution in [0, 0.1) is 0 Å². The van der Waals surface area contributed by atoms with Crippen molar-refractivity contribution >= 4 is 50.9 Å². The largest absolute Gasteiger partial charge is 0.462 e. The van der Waals surface area contributed by atoms with Crippen LogP contribution >= 0.6 is 34.0 Å². The number of hydrogen-bond acceptors (Lipinski definition) is 6. The molecule has 0 fully saturated rings. The molecule has 0 unspecified atom stereocenters. The van der Waals surface area contributed by atoms with Crippen LogP contribution in [0.25, 0.3) is 10.4 Å². The van der Waals surface area contributed by atoms with E-state index < -0.39 is 5.97 Å². The summed E-state index contributed by atoms with van der Waals surface area (Å²) in [5.74, 6) is -0.644. The quantitative estimate of drug-likeness (QED) is 0.651. The van der Waals surface area contributed by atoms with Gasteiger partial charge in [0.25, 0.3) is 5.91 Å². The Kier molecular flexibility index (Phi) is 4.90. The fourth-order valence-electron chi connectivity index (χ4n) is 2.04. The van der Waals surface area contributed by atoms with Crippen molar-refractivity contribution in [3.63, 3.8) is 0 Å². The molecule has 0 atom stereocenters. The average Bonchev–Trinajstić information content (AvgIpc) is 3.28. The highest BCUT2D eigenvalue weighted by Gasteiger charge is 2.23. The Hall–Kier alpha value is -1.96. The van der Waals surface area contributed by atoms with Crippen LogP contribution in [-0.2, 0) is 4.74 Å². The van der Waals surface area contributed by atoms with Crippen LogP contribution in [0.1, 0.15) is 27.6 Å². The molecule has 0 saturated heterocycles. The van der Waals surface area contributed by atoms with Crippen LogP contribution in [0.5, 0.6) is 0 Å². The predicted molar refractivity (Wildman–Crippen MR) is 95.9 cm³/mol. The fourth-order valence-corrected chi connectivity index (χ4v) is 4.44. The number of nitrogens with one attached hydrogen (secondary N) is 1. The molecule has 118 valence electrons. The van der Waals surface area contributed by atoms with E-state index in [4.69, 9.17) is 4.74 Å². The molecule has 3 aromatic heterocycles. The molecule has 3 heterocycles. The molecular weight excluding hydrogens is 350 g/mol. The molecule has 0 saturated carbocycles. The van der Waals surface area contributed by atoms with Gasteiger partial charge in [0.15, 0.2) is 0 Å². The first kappa shape index (κ1) is 15.9. The Bertz CT molecular complexity index is 804. The van der Waals surface area contributed by atoms with Crippen LogP contribution in [0.15, 0.2) is 39.7 Å². The van der Waals surface area contributed by atoms with E-state index in [1.165, 1.54) is 22.7 Å². The summed E-state index contributed by atoms with van der Waals surface area (Å²) in [6.45, 7) is 2.05. The molecule has 0 aliphatic rings. The smallest absolute Gasteiger partial charge is 0.341 e. The third kappa shape index (κ3) is 3.36. The molecule has 7 heteroatoms. The Morgan fingerprint density at radius 3 is 2.70 bits per heavy atom. The molecule has 0 radical (unpaired) electrons. The lowest BCUT2D eigenvalue weighted by molar-refractivity contribution is 0.0529. The minimum atomic E-state index is -0.419. The molecule has 1 N–H and O–H groups in total. The van der Waals surface area contributed by atoms with Gasteiger partial charge in [-0.25, -0.2) is 4.79 Å². The number of anilines is 1. The molecule has 0 aromatic carbocycles. The number of ether oxygens (including phenoxy) is 1. The number of amides is 1. The summed E-state index contributed by atoms with van der Waals surface area (Å²) >= 11 is 4.33. The summed E-state index contributed by atoms with van der Waals surface area (Å²) in [4.78, 5) is 25.6. The van der Waals surface area contributed by atoms with Gasteiger partial charge >= 0.3 is 5.97 Å². The lowest BCUT2D eigenvalue weighted by atomic mass is 10.1. The molecule has 0 aliphatic carbocycles. The van der Waals surface area contributed by atoms with Gasteiger partial charge in [-0.2, -0.15) is 11.3 Å². The molecule has 0 aliphatic heterocycles. The third-order valence-corrected chi connectivity index (χ3v) is 5.55. The minimum Gasteiger partial charge on any atom is -0.462 e. The summed E-state index contributed by atoms with van der Waals surface area (Å²) < 4.78 is 5.16. The van der Waals surface area contributed by atoms with Gasteiger partial charge in [-0.1, -0.05) is 6.07 Å². The van der Waals surface area contributed by atoms with Gasteiger partial charge in [0.1, 0.15) is 10.6 Å².